The first-order valence-corrected chi connectivity index (χ1v) is 43.9. The molecule has 0 radical (unpaired) electrons. The molecule has 8 aromatic carbocycles. The van der Waals surface area contributed by atoms with E-state index < -0.39 is 0 Å². The van der Waals surface area contributed by atoms with Crippen molar-refractivity contribution in [3.05, 3.63) is 271 Å². The molecule has 21 heteroatoms. The van der Waals surface area contributed by atoms with E-state index in [1.807, 2.05) is 137 Å². The number of methoxy groups -OCH3 is 2. The van der Waals surface area contributed by atoms with Gasteiger partial charge in [-0.3, -0.25) is 43.6 Å². The van der Waals surface area contributed by atoms with Gasteiger partial charge in [0.15, 0.2) is 57.4 Å². The number of Topliss-reactive ketones (excluding diaryl/α,β-unsaturated/α-hetero) is 5. The minimum atomic E-state index is -0.291. The van der Waals surface area contributed by atoms with Gasteiger partial charge in [0.25, 0.3) is 0 Å². The summed E-state index contributed by atoms with van der Waals surface area (Å²) in [6.07, 6.45) is 17.0. The lowest BCUT2D eigenvalue weighted by molar-refractivity contribution is -0.140. The summed E-state index contributed by atoms with van der Waals surface area (Å²) in [5.41, 5.74) is 20.1. The molecule has 16 rings (SSSR count). The number of ether oxygens (including phenoxy) is 3. The standard InChI is InChI=1S/C27H29N3O3.C27H29N3O2.C25H27N3O3.C25H27N3O/c1-19-27(26(32)18-29-14-5-4-6-15-29)24-12-7-21(13-16-33-20(2)31)17-25(24)30(19)23-10-8-22(28-3)9-11-23;1-19(31)7-8-21-9-14-24-25(17-21)30(23-12-10-22(28-3)11-13-23)20(2)27(24)26(32)18-29-15-5-4-6-16-29;1-17-25(22(29)16-27-12-6-5-7-13-27)20-14-23(30-3)24(31-4)15-21(20)28(17)19-10-8-18(26-2)9-11-19;1-4-19-8-13-23-22(16-19)25(24(29)17-27-14-6-5-7-15-27)18(2)28(23)21-11-9-20(26-3)10-12-21/h7-12,17H,4-6,13-16,18H2,1-2H3;9-14,17H,4-8,15-16,18H2,1-2H3;8-11,14-15H,5-7,12-13,16H2,1,3-4H3;8-13,16H,4-7,14-15,17H2,1-2H3. The van der Waals surface area contributed by atoms with Crippen LogP contribution in [0.2, 0.25) is 0 Å². The van der Waals surface area contributed by atoms with Crippen molar-refractivity contribution < 1.29 is 43.0 Å². The molecule has 0 spiro atoms. The van der Waals surface area contributed by atoms with E-state index in [1.165, 1.54) is 51.0 Å². The Bertz CT molecular complexity index is 6130. The minimum absolute atomic E-state index is 0.119. The maximum absolute atomic E-state index is 13.5. The first kappa shape index (κ1) is 89.9. The topological polar surface area (TPSA) is 180 Å². The molecule has 0 unspecified atom stereocenters. The molecule has 0 N–H and O–H groups in total. The van der Waals surface area contributed by atoms with Crippen LogP contribution in [0.1, 0.15) is 185 Å². The summed E-state index contributed by atoms with van der Waals surface area (Å²) in [6, 6.07) is 52.5. The Morgan fingerprint density at radius 1 is 0.336 bits per heavy atom. The Labute approximate surface area is 734 Å². The van der Waals surface area contributed by atoms with E-state index in [4.69, 9.17) is 40.5 Å². The number of ketones is 5. The van der Waals surface area contributed by atoms with Gasteiger partial charge in [-0.15, -0.1) is 0 Å². The van der Waals surface area contributed by atoms with Crippen molar-refractivity contribution in [3.8, 4) is 34.2 Å². The van der Waals surface area contributed by atoms with Crippen molar-refractivity contribution in [1.82, 2.24) is 37.9 Å². The first-order valence-electron chi connectivity index (χ1n) is 43.9. The largest absolute Gasteiger partial charge is 0.493 e. The maximum Gasteiger partial charge on any atom is 0.302 e. The number of hydrogen-bond acceptors (Lipinski definition) is 13. The highest BCUT2D eigenvalue weighted by atomic mass is 16.5. The van der Waals surface area contributed by atoms with Gasteiger partial charge in [0.1, 0.15) is 5.78 Å². The fourth-order valence-electron chi connectivity index (χ4n) is 18.3. The van der Waals surface area contributed by atoms with Crippen LogP contribution in [0.4, 0.5) is 22.7 Å². The number of aromatic nitrogens is 4. The Hall–Kier alpha value is -12.9. The van der Waals surface area contributed by atoms with Crippen molar-refractivity contribution in [2.45, 2.75) is 151 Å². The molecule has 21 nitrogen and oxygen atoms in total. The Kier molecular flexibility index (Phi) is 30.2. The molecule has 0 atom stereocenters. The van der Waals surface area contributed by atoms with Crippen LogP contribution in [0.5, 0.6) is 11.5 Å². The second-order valence-corrected chi connectivity index (χ2v) is 33.2. The predicted octanol–water partition coefficient (Wildman–Crippen LogP) is 21.8. The van der Waals surface area contributed by atoms with E-state index in [2.05, 4.69) is 94.5 Å². The number of rotatable bonds is 25. The number of carbonyl (C=O) groups is 6. The number of benzene rings is 8. The third kappa shape index (κ3) is 21.0. The van der Waals surface area contributed by atoms with Gasteiger partial charge in [-0.05, 0) is 247 Å². The van der Waals surface area contributed by atoms with E-state index in [0.717, 1.165) is 220 Å². The molecule has 0 saturated carbocycles. The number of aryl methyl sites for hydroxylation is 2. The summed E-state index contributed by atoms with van der Waals surface area (Å²) >= 11 is 0. The summed E-state index contributed by atoms with van der Waals surface area (Å²) in [5, 5.41) is 3.77. The molecule has 12 aromatic rings. The zero-order valence-corrected chi connectivity index (χ0v) is 73.6. The maximum atomic E-state index is 13.5. The molecule has 642 valence electrons. The van der Waals surface area contributed by atoms with Gasteiger partial charge in [0.05, 0.1) is 95.4 Å². The van der Waals surface area contributed by atoms with Gasteiger partial charge in [-0.1, -0.05) is 111 Å². The summed E-state index contributed by atoms with van der Waals surface area (Å²) in [7, 11) is 3.21. The molecule has 0 aliphatic carbocycles. The number of fused-ring (bicyclic) bond motifs is 4. The molecule has 0 amide bonds. The van der Waals surface area contributed by atoms with Crippen molar-refractivity contribution in [3.63, 3.8) is 0 Å². The number of carbonyl (C=O) groups excluding carboxylic acids is 6. The number of esters is 1. The third-order valence-corrected chi connectivity index (χ3v) is 24.7. The minimum Gasteiger partial charge on any atom is -0.493 e. The van der Waals surface area contributed by atoms with E-state index in [-0.39, 0.29) is 34.9 Å². The summed E-state index contributed by atoms with van der Waals surface area (Å²) < 4.78 is 24.6. The van der Waals surface area contributed by atoms with Gasteiger partial charge in [0.2, 0.25) is 0 Å². The fourth-order valence-corrected chi connectivity index (χ4v) is 18.3. The van der Waals surface area contributed by atoms with Crippen LogP contribution in [0, 0.1) is 54.0 Å². The summed E-state index contributed by atoms with van der Waals surface area (Å²) in [6.45, 7) is 52.0. The highest BCUT2D eigenvalue weighted by molar-refractivity contribution is 6.14. The summed E-state index contributed by atoms with van der Waals surface area (Å²) in [5.74, 6) is 1.71. The molecule has 4 fully saturated rings. The lowest BCUT2D eigenvalue weighted by atomic mass is 10.0. The SMILES string of the molecule is [C-]#[N+]c1ccc(-n2c(C)c(C(=O)CN3CCCCC3)c3cc(CC)ccc32)cc1.[C-]#[N+]c1ccc(-n2c(C)c(C(=O)CN3CCCCC3)c3cc(OC)c(OC)cc32)cc1.[C-]#[N+]c1ccc(-n2c(C)c(C(=O)CN3CCCCC3)c3ccc(CCC(C)=O)cc32)cc1.[C-]#[N+]c1ccc(-n2c(C)c(C(=O)CN3CCCCC3)c3ccc(CCOC(C)=O)cc32)cc1. The lowest BCUT2D eigenvalue weighted by Crippen LogP contribution is -2.34. The quantitative estimate of drug-likeness (QED) is 0.0300. The van der Waals surface area contributed by atoms with E-state index in [0.29, 0.717) is 86.3 Å². The molecule has 4 aliphatic heterocycles. The Morgan fingerprint density at radius 2 is 0.632 bits per heavy atom. The van der Waals surface area contributed by atoms with Crippen molar-refractivity contribution in [2.24, 2.45) is 0 Å². The molecule has 4 saturated heterocycles. The number of piperidine rings is 4. The summed E-state index contributed by atoms with van der Waals surface area (Å²) in [4.78, 5) is 99.4. The molecular weight excluding hydrogens is 1560 g/mol. The Morgan fingerprint density at radius 3 is 0.944 bits per heavy atom. The van der Waals surface area contributed by atoms with Crippen molar-refractivity contribution >= 4 is 101 Å². The zero-order valence-electron chi connectivity index (χ0n) is 73.6. The van der Waals surface area contributed by atoms with E-state index in [1.54, 1.807) is 45.4 Å². The normalized spacial score (nSPS) is 14.4. The van der Waals surface area contributed by atoms with Crippen LogP contribution in [0.25, 0.3) is 85.7 Å². The molecule has 8 heterocycles. The number of nitrogens with zero attached hydrogens (tertiary/aromatic N) is 12. The van der Waals surface area contributed by atoms with E-state index >= 15 is 0 Å². The molecule has 4 aliphatic rings. The number of likely N-dealkylation sites (tertiary alicyclic amines) is 4. The highest BCUT2D eigenvalue weighted by Crippen LogP contribution is 2.41. The van der Waals surface area contributed by atoms with Crippen LogP contribution in [-0.4, -0.2) is 172 Å². The van der Waals surface area contributed by atoms with Gasteiger partial charge in [-0.25, -0.2) is 19.4 Å². The highest BCUT2D eigenvalue weighted by Gasteiger charge is 2.30. The smallest absolute Gasteiger partial charge is 0.302 e. The van der Waals surface area contributed by atoms with Crippen LogP contribution >= 0.6 is 0 Å². The second-order valence-electron chi connectivity index (χ2n) is 33.2. The van der Waals surface area contributed by atoms with Gasteiger partial charge < -0.3 is 37.3 Å². The van der Waals surface area contributed by atoms with Crippen molar-refractivity contribution in [2.75, 3.05) is 99.4 Å². The number of hydrogen-bond donors (Lipinski definition) is 0. The molecule has 4 aromatic heterocycles. The van der Waals surface area contributed by atoms with Gasteiger partial charge >= 0.3 is 5.97 Å². The third-order valence-electron chi connectivity index (χ3n) is 24.7. The lowest BCUT2D eigenvalue weighted by Gasteiger charge is -2.25. The first-order chi connectivity index (χ1) is 60.6. The van der Waals surface area contributed by atoms with Crippen LogP contribution in [-0.2, 0) is 33.6 Å². The predicted molar refractivity (Wildman–Crippen MR) is 497 cm³/mol. The Balaban J connectivity index is 0.000000143. The zero-order chi connectivity index (χ0) is 88.4. The molecular formula is C104H112N12O9. The van der Waals surface area contributed by atoms with Crippen LogP contribution < -0.4 is 9.47 Å². The molecule has 125 heavy (non-hydrogen) atoms. The average molecular weight is 1670 g/mol. The molecule has 0 bridgehead atoms. The average Bonchev–Trinajstić information content (AvgIpc) is 1.62. The second kappa shape index (κ2) is 42.0. The van der Waals surface area contributed by atoms with Gasteiger partial charge in [-0.2, -0.15) is 0 Å². The van der Waals surface area contributed by atoms with Crippen LogP contribution in [0.3, 0.4) is 0 Å². The van der Waals surface area contributed by atoms with E-state index in [9.17, 15) is 28.8 Å². The fraction of sp³-hybridized carbons (Fsp3) is 0.365. The monoisotopic (exact) mass is 1670 g/mol. The van der Waals surface area contributed by atoms with Crippen molar-refractivity contribution in [1.29, 1.82) is 0 Å². The van der Waals surface area contributed by atoms with Gasteiger partial charge in [0, 0.05) is 115 Å². The van der Waals surface area contributed by atoms with Crippen LogP contribution in [0.15, 0.2) is 164 Å².